The smallest absolute Gasteiger partial charge is 0.133 e. The van der Waals surface area contributed by atoms with Gasteiger partial charge < -0.3 is 15.0 Å². The highest BCUT2D eigenvalue weighted by Gasteiger charge is 2.31. The van der Waals surface area contributed by atoms with E-state index < -0.39 is 0 Å². The Balaban J connectivity index is 1.45. The van der Waals surface area contributed by atoms with Crippen LogP contribution in [0, 0.1) is 0 Å². The lowest BCUT2D eigenvalue weighted by atomic mass is 9.98. The number of allylic oxidation sites excluding steroid dienone is 1. The van der Waals surface area contributed by atoms with Crippen molar-refractivity contribution in [1.29, 1.82) is 0 Å². The molecule has 2 aliphatic heterocycles. The summed E-state index contributed by atoms with van der Waals surface area (Å²) >= 11 is 3.55. The third kappa shape index (κ3) is 4.42. The largest absolute Gasteiger partial charge is 0.365 e. The number of aliphatic imine (C=N–C) groups is 1. The number of halogens is 1. The van der Waals surface area contributed by atoms with Crippen molar-refractivity contribution in [2.75, 3.05) is 23.3 Å². The van der Waals surface area contributed by atoms with Crippen LogP contribution in [-0.2, 0) is 11.3 Å². The highest BCUT2D eigenvalue weighted by Crippen LogP contribution is 2.34. The number of ether oxygens (including phenoxy) is 1. The average Bonchev–Trinajstić information content (AvgIpc) is 2.82. The van der Waals surface area contributed by atoms with E-state index in [0.29, 0.717) is 6.54 Å². The molecule has 0 saturated carbocycles. The normalized spacial score (nSPS) is 20.2. The van der Waals surface area contributed by atoms with Crippen molar-refractivity contribution in [3.8, 4) is 0 Å². The van der Waals surface area contributed by atoms with Crippen LogP contribution in [0.3, 0.4) is 0 Å². The first-order valence-electron chi connectivity index (χ1n) is 11.6. The molecule has 0 amide bonds. The maximum atomic E-state index is 6.35. The summed E-state index contributed by atoms with van der Waals surface area (Å²) in [6.07, 6.45) is 3.89. The summed E-state index contributed by atoms with van der Waals surface area (Å²) in [5.41, 5.74) is 6.80. The third-order valence-corrected chi connectivity index (χ3v) is 6.83. The molecule has 1 aromatic heterocycles. The molecule has 3 aromatic rings. The molecule has 0 spiro atoms. The van der Waals surface area contributed by atoms with Gasteiger partial charge in [-0.25, -0.2) is 0 Å². The van der Waals surface area contributed by atoms with E-state index in [9.17, 15) is 0 Å². The second-order valence-corrected chi connectivity index (χ2v) is 9.77. The van der Waals surface area contributed by atoms with E-state index in [4.69, 9.17) is 14.7 Å². The zero-order valence-electron chi connectivity index (χ0n) is 19.1. The van der Waals surface area contributed by atoms with Gasteiger partial charge in [0.05, 0.1) is 24.7 Å². The first-order valence-corrected chi connectivity index (χ1v) is 12.4. The van der Waals surface area contributed by atoms with Gasteiger partial charge in [0.2, 0.25) is 0 Å². The fourth-order valence-electron chi connectivity index (χ4n) is 4.80. The molecule has 2 aromatic carbocycles. The van der Waals surface area contributed by atoms with Crippen LogP contribution in [-0.4, -0.2) is 36.1 Å². The van der Waals surface area contributed by atoms with E-state index in [1.807, 2.05) is 12.3 Å². The van der Waals surface area contributed by atoms with E-state index in [2.05, 4.69) is 83.0 Å². The molecule has 0 radical (unpaired) electrons. The second-order valence-electron chi connectivity index (χ2n) is 8.85. The molecular formula is C27H29BrN4O. The van der Waals surface area contributed by atoms with Gasteiger partial charge in [0, 0.05) is 39.5 Å². The molecule has 2 atom stereocenters. The monoisotopic (exact) mass is 504 g/mol. The molecule has 5 rings (SSSR count). The fourth-order valence-corrected chi connectivity index (χ4v) is 5.21. The quantitative estimate of drug-likeness (QED) is 0.434. The van der Waals surface area contributed by atoms with Gasteiger partial charge in [-0.05, 0) is 60.9 Å². The lowest BCUT2D eigenvalue weighted by molar-refractivity contribution is 0.0204. The lowest BCUT2D eigenvalue weighted by Gasteiger charge is -2.39. The number of benzene rings is 2. The Morgan fingerprint density at radius 2 is 2.12 bits per heavy atom. The Kier molecular flexibility index (Phi) is 6.21. The maximum Gasteiger partial charge on any atom is 0.133 e. The second kappa shape index (κ2) is 9.27. The van der Waals surface area contributed by atoms with Gasteiger partial charge in [-0.15, -0.1) is 0 Å². The lowest BCUT2D eigenvalue weighted by Crippen LogP contribution is -2.51. The van der Waals surface area contributed by atoms with E-state index in [1.165, 1.54) is 11.3 Å². The van der Waals surface area contributed by atoms with Crippen molar-refractivity contribution in [3.63, 3.8) is 0 Å². The summed E-state index contributed by atoms with van der Waals surface area (Å²) in [4.78, 5) is 12.0. The standard InChI is InChI=1S/C27H29BrN4O/c1-4-6-17(2)21-9-11-24(22-7-5-12-29-26(21)22)32-15-18(3)33-25(16-32)27-30-14-19-13-20(28)8-10-23(19)31-27/h5,7-13,18,25H,2,4,6,14-16H2,1,3H3,(H,30,31). The molecule has 33 heavy (non-hydrogen) atoms. The molecule has 2 aliphatic rings. The molecule has 0 aliphatic carbocycles. The molecule has 1 fully saturated rings. The van der Waals surface area contributed by atoms with Crippen molar-refractivity contribution >= 4 is 49.6 Å². The van der Waals surface area contributed by atoms with E-state index in [-0.39, 0.29) is 12.2 Å². The number of amidine groups is 1. The number of nitrogens with one attached hydrogen (secondary N) is 1. The summed E-state index contributed by atoms with van der Waals surface area (Å²) in [5.74, 6) is 0.900. The predicted octanol–water partition coefficient (Wildman–Crippen LogP) is 6.43. The highest BCUT2D eigenvalue weighted by atomic mass is 79.9. The van der Waals surface area contributed by atoms with Gasteiger partial charge in [-0.1, -0.05) is 41.9 Å². The Labute approximate surface area is 203 Å². The molecule has 1 saturated heterocycles. The van der Waals surface area contributed by atoms with Crippen LogP contribution in [0.25, 0.3) is 16.5 Å². The summed E-state index contributed by atoms with van der Waals surface area (Å²) < 4.78 is 7.42. The molecule has 0 bridgehead atoms. The van der Waals surface area contributed by atoms with E-state index in [0.717, 1.165) is 64.0 Å². The molecule has 170 valence electrons. The molecule has 2 unspecified atom stereocenters. The highest BCUT2D eigenvalue weighted by molar-refractivity contribution is 9.10. The third-order valence-electron chi connectivity index (χ3n) is 6.34. The number of anilines is 2. The van der Waals surface area contributed by atoms with Crippen molar-refractivity contribution < 1.29 is 4.74 Å². The zero-order valence-corrected chi connectivity index (χ0v) is 20.7. The topological polar surface area (TPSA) is 49.8 Å². The molecule has 1 N–H and O–H groups in total. The van der Waals surface area contributed by atoms with Gasteiger partial charge in [0.25, 0.3) is 0 Å². The number of rotatable bonds is 5. The summed E-state index contributed by atoms with van der Waals surface area (Å²) in [6, 6.07) is 14.9. The summed E-state index contributed by atoms with van der Waals surface area (Å²) in [5, 5.41) is 4.68. The van der Waals surface area contributed by atoms with Gasteiger partial charge in [-0.2, -0.15) is 0 Å². The average molecular weight is 505 g/mol. The van der Waals surface area contributed by atoms with Crippen molar-refractivity contribution in [2.24, 2.45) is 4.99 Å². The van der Waals surface area contributed by atoms with Crippen molar-refractivity contribution in [2.45, 2.75) is 45.4 Å². The van der Waals surface area contributed by atoms with Crippen LogP contribution >= 0.6 is 15.9 Å². The summed E-state index contributed by atoms with van der Waals surface area (Å²) in [7, 11) is 0. The van der Waals surface area contributed by atoms with Crippen LogP contribution in [0.15, 0.2) is 64.7 Å². The van der Waals surface area contributed by atoms with Crippen molar-refractivity contribution in [3.05, 3.63) is 70.8 Å². The van der Waals surface area contributed by atoms with Gasteiger partial charge >= 0.3 is 0 Å². The van der Waals surface area contributed by atoms with Crippen molar-refractivity contribution in [1.82, 2.24) is 4.98 Å². The minimum Gasteiger partial charge on any atom is -0.365 e. The van der Waals surface area contributed by atoms with Crippen LogP contribution in [0.5, 0.6) is 0 Å². The Morgan fingerprint density at radius 1 is 1.24 bits per heavy atom. The maximum absolute atomic E-state index is 6.35. The first-order chi connectivity index (χ1) is 16.0. The predicted molar refractivity (Wildman–Crippen MR) is 141 cm³/mol. The van der Waals surface area contributed by atoms with Crippen LogP contribution < -0.4 is 10.2 Å². The number of hydrogen-bond acceptors (Lipinski definition) is 5. The number of fused-ring (bicyclic) bond motifs is 2. The minimum atomic E-state index is -0.119. The molecule has 3 heterocycles. The van der Waals surface area contributed by atoms with Gasteiger partial charge in [-0.3, -0.25) is 9.98 Å². The van der Waals surface area contributed by atoms with Gasteiger partial charge in [0.15, 0.2) is 0 Å². The Bertz CT molecular complexity index is 1240. The van der Waals surface area contributed by atoms with Crippen LogP contribution in [0.4, 0.5) is 11.4 Å². The first kappa shape index (κ1) is 22.1. The zero-order chi connectivity index (χ0) is 22.9. The minimum absolute atomic E-state index is 0.0843. The Morgan fingerprint density at radius 3 is 2.97 bits per heavy atom. The van der Waals surface area contributed by atoms with E-state index >= 15 is 0 Å². The number of morpholine rings is 1. The number of hydrogen-bond donors (Lipinski definition) is 1. The molecule has 6 heteroatoms. The number of aromatic nitrogens is 1. The van der Waals surface area contributed by atoms with Crippen LogP contribution in [0.2, 0.25) is 0 Å². The Hall–Kier alpha value is -2.70. The van der Waals surface area contributed by atoms with Gasteiger partial charge in [0.1, 0.15) is 11.9 Å². The summed E-state index contributed by atoms with van der Waals surface area (Å²) in [6.45, 7) is 10.9. The fraction of sp³-hybridized carbons (Fsp3) is 0.333. The van der Waals surface area contributed by atoms with Crippen LogP contribution in [0.1, 0.15) is 37.8 Å². The SMILES string of the molecule is C=C(CCC)c1ccc(N2CC(C)OC(C3=NCc4cc(Br)ccc4N3)C2)c2cccnc12. The van der Waals surface area contributed by atoms with E-state index in [1.54, 1.807) is 0 Å². The molecular weight excluding hydrogens is 476 g/mol. The molecule has 5 nitrogen and oxygen atoms in total. The number of nitrogens with zero attached hydrogens (tertiary/aromatic N) is 3. The number of pyridine rings is 1.